The highest BCUT2D eigenvalue weighted by molar-refractivity contribution is 6.20. The van der Waals surface area contributed by atoms with E-state index in [0.717, 1.165) is 16.8 Å². The molecular formula is C28H29N5O3. The van der Waals surface area contributed by atoms with Gasteiger partial charge < -0.3 is 20.9 Å². The van der Waals surface area contributed by atoms with E-state index in [4.69, 9.17) is 10.7 Å². The molecule has 0 saturated heterocycles. The van der Waals surface area contributed by atoms with Crippen LogP contribution in [0.2, 0.25) is 0 Å². The summed E-state index contributed by atoms with van der Waals surface area (Å²) in [7, 11) is 5.59. The number of anilines is 2. The Labute approximate surface area is 210 Å². The molecule has 4 rings (SSSR count). The zero-order chi connectivity index (χ0) is 25.8. The molecule has 0 fully saturated rings. The Morgan fingerprint density at radius 1 is 1.00 bits per heavy atom. The first kappa shape index (κ1) is 24.7. The van der Waals surface area contributed by atoms with Gasteiger partial charge in [0.15, 0.2) is 0 Å². The van der Waals surface area contributed by atoms with Crippen LogP contribution in [0.3, 0.4) is 0 Å². The molecule has 184 valence electrons. The van der Waals surface area contributed by atoms with E-state index in [2.05, 4.69) is 5.32 Å². The van der Waals surface area contributed by atoms with Gasteiger partial charge in [-0.1, -0.05) is 48.5 Å². The molecule has 0 bridgehead atoms. The lowest BCUT2D eigenvalue weighted by molar-refractivity contribution is -0.127. The van der Waals surface area contributed by atoms with Crippen LogP contribution in [0.15, 0.2) is 77.8 Å². The summed E-state index contributed by atoms with van der Waals surface area (Å²) in [5, 5.41) is 2.82. The van der Waals surface area contributed by atoms with Crippen molar-refractivity contribution in [3.63, 3.8) is 0 Å². The SMILES string of the molecule is CN(C)c1ccccc1CCC(=O)NC1N=C(c2ccc(C(N)=O)cc2)c2ccccc2N(C)C1=O. The van der Waals surface area contributed by atoms with E-state index in [1.165, 1.54) is 4.90 Å². The number of aliphatic imine (C=N–C) groups is 1. The van der Waals surface area contributed by atoms with Crippen LogP contribution in [0.4, 0.5) is 11.4 Å². The maximum absolute atomic E-state index is 13.3. The summed E-state index contributed by atoms with van der Waals surface area (Å²) in [5.41, 5.74) is 10.5. The minimum Gasteiger partial charge on any atom is -0.377 e. The van der Waals surface area contributed by atoms with E-state index in [0.29, 0.717) is 28.9 Å². The van der Waals surface area contributed by atoms with Gasteiger partial charge in [-0.25, -0.2) is 4.99 Å². The summed E-state index contributed by atoms with van der Waals surface area (Å²) in [6.45, 7) is 0. The molecule has 3 N–H and O–H groups in total. The van der Waals surface area contributed by atoms with Crippen molar-refractivity contribution >= 4 is 34.8 Å². The number of amides is 3. The molecule has 3 aromatic rings. The van der Waals surface area contributed by atoms with Crippen LogP contribution in [-0.2, 0) is 16.0 Å². The number of hydrogen-bond acceptors (Lipinski definition) is 5. The largest absolute Gasteiger partial charge is 0.377 e. The normalized spacial score (nSPS) is 15.0. The third kappa shape index (κ3) is 5.12. The van der Waals surface area contributed by atoms with E-state index in [9.17, 15) is 14.4 Å². The van der Waals surface area contributed by atoms with Crippen LogP contribution in [0.25, 0.3) is 0 Å². The Kier molecular flexibility index (Phi) is 7.15. The minimum atomic E-state index is -1.09. The van der Waals surface area contributed by atoms with Crippen LogP contribution in [0, 0.1) is 0 Å². The number of carbonyl (C=O) groups is 3. The van der Waals surface area contributed by atoms with Gasteiger partial charge in [-0.15, -0.1) is 0 Å². The highest BCUT2D eigenvalue weighted by Crippen LogP contribution is 2.27. The fourth-order valence-electron chi connectivity index (χ4n) is 4.27. The number of aryl methyl sites for hydroxylation is 1. The summed E-state index contributed by atoms with van der Waals surface area (Å²) in [4.78, 5) is 46.0. The first-order valence-electron chi connectivity index (χ1n) is 11.7. The first-order chi connectivity index (χ1) is 17.3. The molecule has 1 aliphatic heterocycles. The maximum atomic E-state index is 13.3. The molecule has 8 heteroatoms. The predicted octanol–water partition coefficient (Wildman–Crippen LogP) is 2.74. The van der Waals surface area contributed by atoms with Gasteiger partial charge in [0, 0.05) is 49.9 Å². The fourth-order valence-corrected chi connectivity index (χ4v) is 4.27. The van der Waals surface area contributed by atoms with E-state index >= 15 is 0 Å². The van der Waals surface area contributed by atoms with Crippen molar-refractivity contribution in [1.29, 1.82) is 0 Å². The summed E-state index contributed by atoms with van der Waals surface area (Å²) in [6.07, 6.45) is -0.351. The van der Waals surface area contributed by atoms with Gasteiger partial charge in [0.05, 0.1) is 11.4 Å². The van der Waals surface area contributed by atoms with Crippen LogP contribution in [0.1, 0.15) is 33.5 Å². The molecule has 3 amide bonds. The number of fused-ring (bicyclic) bond motifs is 1. The number of benzene rings is 3. The standard InChI is InChI=1S/C28H29N5O3/c1-32(2)22-10-6-4-8-18(22)16-17-24(34)30-27-28(36)33(3)23-11-7-5-9-21(23)25(31-27)19-12-14-20(15-13-19)26(29)35/h4-15,27H,16-17H2,1-3H3,(H2,29,35)(H,30,34). The lowest BCUT2D eigenvalue weighted by atomic mass is 9.99. The summed E-state index contributed by atoms with van der Waals surface area (Å²) in [6, 6.07) is 22.1. The van der Waals surface area contributed by atoms with Gasteiger partial charge in [-0.05, 0) is 36.2 Å². The third-order valence-electron chi connectivity index (χ3n) is 6.18. The number of rotatable bonds is 7. The zero-order valence-corrected chi connectivity index (χ0v) is 20.6. The summed E-state index contributed by atoms with van der Waals surface area (Å²) < 4.78 is 0. The lowest BCUT2D eigenvalue weighted by Crippen LogP contribution is -2.46. The molecule has 0 radical (unpaired) electrons. The van der Waals surface area contributed by atoms with Gasteiger partial charge in [0.1, 0.15) is 0 Å². The van der Waals surface area contributed by atoms with Crippen LogP contribution in [0.5, 0.6) is 0 Å². The number of benzodiazepines with no additional fused rings is 1. The zero-order valence-electron chi connectivity index (χ0n) is 20.6. The second-order valence-corrected chi connectivity index (χ2v) is 8.83. The molecule has 0 aliphatic carbocycles. The molecule has 1 atom stereocenters. The number of likely N-dealkylation sites (N-methyl/N-ethyl adjacent to an activating group) is 1. The van der Waals surface area contributed by atoms with Crippen molar-refractivity contribution in [2.75, 3.05) is 30.9 Å². The minimum absolute atomic E-state index is 0.212. The second-order valence-electron chi connectivity index (χ2n) is 8.83. The van der Waals surface area contributed by atoms with Gasteiger partial charge in [0.25, 0.3) is 5.91 Å². The van der Waals surface area contributed by atoms with E-state index in [-0.39, 0.29) is 18.2 Å². The van der Waals surface area contributed by atoms with Crippen molar-refractivity contribution in [3.8, 4) is 0 Å². The molecule has 8 nitrogen and oxygen atoms in total. The first-order valence-corrected chi connectivity index (χ1v) is 11.7. The van der Waals surface area contributed by atoms with E-state index in [1.54, 1.807) is 31.3 Å². The molecule has 0 spiro atoms. The van der Waals surface area contributed by atoms with Gasteiger partial charge >= 0.3 is 0 Å². The van der Waals surface area contributed by atoms with Crippen LogP contribution >= 0.6 is 0 Å². The van der Waals surface area contributed by atoms with Crippen molar-refractivity contribution in [2.24, 2.45) is 10.7 Å². The molecule has 3 aromatic carbocycles. The number of nitrogens with zero attached hydrogens (tertiary/aromatic N) is 3. The van der Waals surface area contributed by atoms with Gasteiger partial charge in [-0.2, -0.15) is 0 Å². The second kappa shape index (κ2) is 10.4. The highest BCUT2D eigenvalue weighted by atomic mass is 16.2. The van der Waals surface area contributed by atoms with E-state index in [1.807, 2.05) is 67.5 Å². The van der Waals surface area contributed by atoms with E-state index < -0.39 is 12.1 Å². The Bertz CT molecular complexity index is 1330. The number of carbonyl (C=O) groups excluding carboxylic acids is 3. The summed E-state index contributed by atoms with van der Waals surface area (Å²) in [5.74, 6) is -1.14. The number of nitrogens with one attached hydrogen (secondary N) is 1. The topological polar surface area (TPSA) is 108 Å². The molecular weight excluding hydrogens is 454 g/mol. The number of nitrogens with two attached hydrogens (primary N) is 1. The van der Waals surface area contributed by atoms with Gasteiger partial charge in [-0.3, -0.25) is 14.4 Å². The Morgan fingerprint density at radius 2 is 1.67 bits per heavy atom. The number of hydrogen-bond donors (Lipinski definition) is 2. The molecule has 36 heavy (non-hydrogen) atoms. The average Bonchev–Trinajstić information content (AvgIpc) is 2.98. The predicted molar refractivity (Wildman–Crippen MR) is 141 cm³/mol. The average molecular weight is 484 g/mol. The van der Waals surface area contributed by atoms with Crippen molar-refractivity contribution in [1.82, 2.24) is 5.32 Å². The Morgan fingerprint density at radius 3 is 2.36 bits per heavy atom. The molecule has 0 saturated carbocycles. The van der Waals surface area contributed by atoms with Crippen molar-refractivity contribution in [2.45, 2.75) is 19.0 Å². The third-order valence-corrected chi connectivity index (χ3v) is 6.18. The molecule has 1 unspecified atom stereocenters. The highest BCUT2D eigenvalue weighted by Gasteiger charge is 2.31. The molecule has 0 aromatic heterocycles. The quantitative estimate of drug-likeness (QED) is 0.539. The summed E-state index contributed by atoms with van der Waals surface area (Å²) >= 11 is 0. The monoisotopic (exact) mass is 483 g/mol. The molecule has 1 heterocycles. The fraction of sp³-hybridized carbons (Fsp3) is 0.214. The number of para-hydroxylation sites is 2. The maximum Gasteiger partial charge on any atom is 0.272 e. The Hall–Kier alpha value is -4.46. The molecule has 1 aliphatic rings. The lowest BCUT2D eigenvalue weighted by Gasteiger charge is -2.21. The van der Waals surface area contributed by atoms with Crippen LogP contribution < -0.4 is 20.9 Å². The Balaban J connectivity index is 1.62. The van der Waals surface area contributed by atoms with Crippen molar-refractivity contribution < 1.29 is 14.4 Å². The number of primary amides is 1. The van der Waals surface area contributed by atoms with Crippen molar-refractivity contribution in [3.05, 3.63) is 95.1 Å². The smallest absolute Gasteiger partial charge is 0.272 e. The van der Waals surface area contributed by atoms with Crippen LogP contribution in [-0.4, -0.2) is 50.7 Å². The van der Waals surface area contributed by atoms with Gasteiger partial charge in [0.2, 0.25) is 18.0 Å².